The molecule has 17 heavy (non-hydrogen) atoms. The van der Waals surface area contributed by atoms with Gasteiger partial charge < -0.3 is 9.47 Å². The van der Waals surface area contributed by atoms with Crippen LogP contribution < -0.4 is 0 Å². The molecule has 0 rings (SSSR count). The first-order valence-electron chi connectivity index (χ1n) is 6.17. The van der Waals surface area contributed by atoms with Crippen LogP contribution in [-0.2, 0) is 19.1 Å². The Morgan fingerprint density at radius 3 is 2.35 bits per heavy atom. The van der Waals surface area contributed by atoms with E-state index in [1.807, 2.05) is 0 Å². The summed E-state index contributed by atoms with van der Waals surface area (Å²) in [4.78, 5) is 22.3. The fraction of sp³-hybridized carbons (Fsp3) is 0.692. The van der Waals surface area contributed by atoms with Crippen molar-refractivity contribution in [1.29, 1.82) is 0 Å². The standard InChI is InChI=1S/C13H22O4/c1-4-6-7-8-9-10-12(17-11(3)14)13(15)16-5-2/h10H,4-9H2,1-3H3/b12-10-. The summed E-state index contributed by atoms with van der Waals surface area (Å²) in [6.45, 7) is 5.39. The number of hydrogen-bond donors (Lipinski definition) is 0. The molecule has 0 aromatic carbocycles. The van der Waals surface area contributed by atoms with Gasteiger partial charge in [0.15, 0.2) is 0 Å². The third-order valence-electron chi connectivity index (χ3n) is 2.12. The minimum Gasteiger partial charge on any atom is -0.460 e. The Bertz CT molecular complexity index is 269. The number of carbonyl (C=O) groups is 2. The van der Waals surface area contributed by atoms with Gasteiger partial charge in [0.05, 0.1) is 6.61 Å². The van der Waals surface area contributed by atoms with Crippen LogP contribution in [0.1, 0.15) is 52.9 Å². The van der Waals surface area contributed by atoms with Crippen molar-refractivity contribution in [2.75, 3.05) is 6.61 Å². The summed E-state index contributed by atoms with van der Waals surface area (Å²) in [5, 5.41) is 0. The molecule has 0 N–H and O–H groups in total. The molecule has 0 aliphatic heterocycles. The van der Waals surface area contributed by atoms with Gasteiger partial charge in [-0.2, -0.15) is 0 Å². The van der Waals surface area contributed by atoms with Crippen LogP contribution in [0.4, 0.5) is 0 Å². The highest BCUT2D eigenvalue weighted by Crippen LogP contribution is 2.08. The van der Waals surface area contributed by atoms with Crippen molar-refractivity contribution in [3.63, 3.8) is 0 Å². The Balaban J connectivity index is 4.20. The lowest BCUT2D eigenvalue weighted by atomic mass is 10.1. The molecule has 0 atom stereocenters. The minimum absolute atomic E-state index is 0.0100. The smallest absolute Gasteiger partial charge is 0.374 e. The van der Waals surface area contributed by atoms with Gasteiger partial charge in [-0.15, -0.1) is 0 Å². The molecule has 0 aromatic rings. The van der Waals surface area contributed by atoms with Crippen LogP contribution in [0.3, 0.4) is 0 Å². The highest BCUT2D eigenvalue weighted by molar-refractivity contribution is 5.89. The molecule has 0 spiro atoms. The van der Waals surface area contributed by atoms with Gasteiger partial charge in [-0.3, -0.25) is 4.79 Å². The SMILES string of the molecule is CCCCCC/C=C(\OC(C)=O)C(=O)OCC. The Labute approximate surface area is 103 Å². The van der Waals surface area contributed by atoms with Crippen molar-refractivity contribution in [1.82, 2.24) is 0 Å². The summed E-state index contributed by atoms with van der Waals surface area (Å²) in [5.41, 5.74) is 0. The molecular weight excluding hydrogens is 220 g/mol. The molecule has 0 amide bonds. The predicted octanol–water partition coefficient (Wildman–Crippen LogP) is 2.97. The van der Waals surface area contributed by atoms with Crippen molar-refractivity contribution >= 4 is 11.9 Å². The van der Waals surface area contributed by atoms with Crippen LogP contribution in [0.2, 0.25) is 0 Å². The van der Waals surface area contributed by atoms with Crippen molar-refractivity contribution in [2.45, 2.75) is 52.9 Å². The number of rotatable bonds is 8. The van der Waals surface area contributed by atoms with Crippen LogP contribution in [0.15, 0.2) is 11.8 Å². The summed E-state index contributed by atoms with van der Waals surface area (Å²) in [7, 11) is 0. The summed E-state index contributed by atoms with van der Waals surface area (Å²) in [6.07, 6.45) is 6.80. The van der Waals surface area contributed by atoms with E-state index in [9.17, 15) is 9.59 Å². The third-order valence-corrected chi connectivity index (χ3v) is 2.12. The number of allylic oxidation sites excluding steroid dienone is 1. The Morgan fingerprint density at radius 2 is 1.82 bits per heavy atom. The minimum atomic E-state index is -0.571. The van der Waals surface area contributed by atoms with Crippen molar-refractivity contribution in [3.05, 3.63) is 11.8 Å². The number of carbonyl (C=O) groups excluding carboxylic acids is 2. The first-order valence-corrected chi connectivity index (χ1v) is 6.17. The Kier molecular flexibility index (Phi) is 9.11. The van der Waals surface area contributed by atoms with Crippen LogP contribution in [0, 0.1) is 0 Å². The van der Waals surface area contributed by atoms with E-state index < -0.39 is 11.9 Å². The van der Waals surface area contributed by atoms with Crippen LogP contribution in [-0.4, -0.2) is 18.5 Å². The van der Waals surface area contributed by atoms with Gasteiger partial charge in [-0.05, 0) is 25.8 Å². The van der Waals surface area contributed by atoms with Crippen molar-refractivity contribution in [2.24, 2.45) is 0 Å². The van der Waals surface area contributed by atoms with Crippen LogP contribution >= 0.6 is 0 Å². The lowest BCUT2D eigenvalue weighted by Crippen LogP contribution is -2.13. The molecule has 0 fully saturated rings. The van der Waals surface area contributed by atoms with Crippen molar-refractivity contribution < 1.29 is 19.1 Å². The maximum absolute atomic E-state index is 11.4. The van der Waals surface area contributed by atoms with E-state index >= 15 is 0 Å². The average molecular weight is 242 g/mol. The maximum Gasteiger partial charge on any atom is 0.374 e. The van der Waals surface area contributed by atoms with Gasteiger partial charge in [0.25, 0.3) is 0 Å². The number of ether oxygens (including phenoxy) is 2. The zero-order valence-corrected chi connectivity index (χ0v) is 11.0. The maximum atomic E-state index is 11.4. The van der Waals surface area contributed by atoms with E-state index in [0.717, 1.165) is 19.3 Å². The number of esters is 2. The zero-order valence-electron chi connectivity index (χ0n) is 11.0. The van der Waals surface area contributed by atoms with Crippen LogP contribution in [0.5, 0.6) is 0 Å². The largest absolute Gasteiger partial charge is 0.460 e. The fourth-order valence-corrected chi connectivity index (χ4v) is 1.33. The predicted molar refractivity (Wildman–Crippen MR) is 65.2 cm³/mol. The van der Waals surface area contributed by atoms with E-state index in [1.54, 1.807) is 13.0 Å². The van der Waals surface area contributed by atoms with Gasteiger partial charge in [-0.25, -0.2) is 4.79 Å². The lowest BCUT2D eigenvalue weighted by Gasteiger charge is -2.06. The fourth-order valence-electron chi connectivity index (χ4n) is 1.33. The highest BCUT2D eigenvalue weighted by atomic mass is 16.6. The Morgan fingerprint density at radius 1 is 1.12 bits per heavy atom. The monoisotopic (exact) mass is 242 g/mol. The molecule has 0 heterocycles. The van der Waals surface area contributed by atoms with E-state index in [4.69, 9.17) is 9.47 Å². The molecule has 0 aromatic heterocycles. The highest BCUT2D eigenvalue weighted by Gasteiger charge is 2.13. The Hall–Kier alpha value is -1.32. The van der Waals surface area contributed by atoms with E-state index in [-0.39, 0.29) is 12.4 Å². The number of unbranched alkanes of at least 4 members (excludes halogenated alkanes) is 4. The summed E-state index contributed by atoms with van der Waals surface area (Å²) in [6, 6.07) is 0. The second-order valence-corrected chi connectivity index (χ2v) is 3.73. The molecule has 4 nitrogen and oxygen atoms in total. The number of hydrogen-bond acceptors (Lipinski definition) is 4. The molecule has 0 bridgehead atoms. The topological polar surface area (TPSA) is 52.6 Å². The van der Waals surface area contributed by atoms with Gasteiger partial charge in [0, 0.05) is 6.92 Å². The molecule has 0 saturated heterocycles. The molecular formula is C13H22O4. The third kappa shape index (κ3) is 8.48. The first kappa shape index (κ1) is 15.7. The van der Waals surface area contributed by atoms with Gasteiger partial charge in [0.1, 0.15) is 0 Å². The van der Waals surface area contributed by atoms with E-state index in [2.05, 4.69) is 6.92 Å². The molecule has 0 unspecified atom stereocenters. The summed E-state index contributed by atoms with van der Waals surface area (Å²) < 4.78 is 9.62. The second kappa shape index (κ2) is 9.87. The molecule has 0 aliphatic carbocycles. The molecule has 98 valence electrons. The molecule has 0 aliphatic rings. The molecule has 4 heteroatoms. The first-order chi connectivity index (χ1) is 8.11. The lowest BCUT2D eigenvalue weighted by molar-refractivity contribution is -0.150. The zero-order chi connectivity index (χ0) is 13.1. The summed E-state index contributed by atoms with van der Waals surface area (Å²) >= 11 is 0. The molecule has 0 radical (unpaired) electrons. The second-order valence-electron chi connectivity index (χ2n) is 3.73. The normalized spacial score (nSPS) is 11.1. The van der Waals surface area contributed by atoms with Crippen LogP contribution in [0.25, 0.3) is 0 Å². The average Bonchev–Trinajstić information content (AvgIpc) is 2.27. The van der Waals surface area contributed by atoms with E-state index in [1.165, 1.54) is 19.8 Å². The van der Waals surface area contributed by atoms with E-state index in [0.29, 0.717) is 0 Å². The van der Waals surface area contributed by atoms with Crippen molar-refractivity contribution in [3.8, 4) is 0 Å². The summed E-state index contributed by atoms with van der Waals surface area (Å²) in [5.74, 6) is -1.06. The van der Waals surface area contributed by atoms with Gasteiger partial charge in [-0.1, -0.05) is 26.2 Å². The quantitative estimate of drug-likeness (QED) is 0.284. The van der Waals surface area contributed by atoms with Gasteiger partial charge >= 0.3 is 11.9 Å². The molecule has 0 saturated carbocycles. The van der Waals surface area contributed by atoms with Gasteiger partial charge in [0.2, 0.25) is 5.76 Å².